The van der Waals surface area contributed by atoms with Crippen molar-refractivity contribution in [3.63, 3.8) is 0 Å². The Bertz CT molecular complexity index is 1630. The zero-order valence-electron chi connectivity index (χ0n) is 23.6. The topological polar surface area (TPSA) is 74.9 Å². The molecule has 1 fully saturated rings. The van der Waals surface area contributed by atoms with Gasteiger partial charge in [0.2, 0.25) is 5.91 Å². The molecule has 1 N–H and O–H groups in total. The minimum atomic E-state index is -1.20. The SMILES string of the molecule is CCCOc1ccc(C2CN3C(=O)CN(CCc4cccc(F)c4)C(=O)C3(C)c3[nH]c4ccccc4c32)cc1OC. The van der Waals surface area contributed by atoms with E-state index in [1.807, 2.05) is 49.4 Å². The van der Waals surface area contributed by atoms with Gasteiger partial charge in [-0.2, -0.15) is 0 Å². The van der Waals surface area contributed by atoms with E-state index in [1.54, 1.807) is 23.0 Å². The smallest absolute Gasteiger partial charge is 0.254 e. The van der Waals surface area contributed by atoms with Crippen molar-refractivity contribution in [1.29, 1.82) is 0 Å². The molecule has 3 heterocycles. The number of rotatable bonds is 8. The molecular formula is C33H34FN3O4. The number of aromatic nitrogens is 1. The Balaban J connectivity index is 1.42. The second kappa shape index (κ2) is 10.6. The summed E-state index contributed by atoms with van der Waals surface area (Å²) in [5, 5.41) is 1.02. The quantitative estimate of drug-likeness (QED) is 0.317. The van der Waals surface area contributed by atoms with E-state index in [0.29, 0.717) is 37.6 Å². The number of carbonyl (C=O) groups excluding carboxylic acids is 2. The number of ether oxygens (including phenoxy) is 2. The van der Waals surface area contributed by atoms with Gasteiger partial charge in [-0.25, -0.2) is 4.39 Å². The molecule has 3 aromatic carbocycles. The molecule has 0 saturated carbocycles. The highest BCUT2D eigenvalue weighted by molar-refractivity contribution is 6.01. The van der Waals surface area contributed by atoms with Crippen LogP contribution < -0.4 is 9.47 Å². The fourth-order valence-electron chi connectivity index (χ4n) is 6.34. The van der Waals surface area contributed by atoms with E-state index in [2.05, 4.69) is 18.0 Å². The maximum Gasteiger partial charge on any atom is 0.254 e. The Labute approximate surface area is 238 Å². The maximum absolute atomic E-state index is 14.2. The van der Waals surface area contributed by atoms with Crippen LogP contribution in [-0.4, -0.2) is 59.9 Å². The molecular weight excluding hydrogens is 521 g/mol. The number of para-hydroxylation sites is 1. The van der Waals surface area contributed by atoms with Gasteiger partial charge < -0.3 is 24.3 Å². The minimum Gasteiger partial charge on any atom is -0.493 e. The molecule has 1 aromatic heterocycles. The van der Waals surface area contributed by atoms with Crippen LogP contribution in [0.15, 0.2) is 66.7 Å². The van der Waals surface area contributed by atoms with Crippen LogP contribution in [-0.2, 0) is 21.5 Å². The largest absolute Gasteiger partial charge is 0.493 e. The number of nitrogens with zero attached hydrogens (tertiary/aromatic N) is 2. The summed E-state index contributed by atoms with van der Waals surface area (Å²) in [7, 11) is 1.62. The van der Waals surface area contributed by atoms with Crippen LogP contribution >= 0.6 is 0 Å². The van der Waals surface area contributed by atoms with Gasteiger partial charge in [-0.05, 0) is 66.8 Å². The second-order valence-electron chi connectivity index (χ2n) is 11.0. The Hall–Kier alpha value is -4.33. The number of piperazine rings is 1. The molecule has 0 aliphatic carbocycles. The van der Waals surface area contributed by atoms with E-state index in [-0.39, 0.29) is 30.1 Å². The second-order valence-corrected chi connectivity index (χ2v) is 11.0. The molecule has 41 heavy (non-hydrogen) atoms. The number of amides is 2. The van der Waals surface area contributed by atoms with Crippen molar-refractivity contribution >= 4 is 22.7 Å². The molecule has 0 bridgehead atoms. The molecule has 212 valence electrons. The molecule has 2 aliphatic rings. The first kappa shape index (κ1) is 26.9. The Morgan fingerprint density at radius 3 is 2.66 bits per heavy atom. The molecule has 2 amide bonds. The standard InChI is InChI=1S/C33H34FN3O4/c1-4-16-41-27-13-12-22(18-28(27)40-3)25-19-37-29(38)20-36(15-14-21-8-7-9-23(34)17-21)32(39)33(37,2)31-30(25)24-10-5-6-11-26(24)35-31/h5-13,17-18,25,35H,4,14-16,19-20H2,1-3H3. The van der Waals surface area contributed by atoms with Gasteiger partial charge in [0.15, 0.2) is 17.0 Å². The van der Waals surface area contributed by atoms with Crippen LogP contribution in [0.3, 0.4) is 0 Å². The highest BCUT2D eigenvalue weighted by Crippen LogP contribution is 2.49. The summed E-state index contributed by atoms with van der Waals surface area (Å²) >= 11 is 0. The van der Waals surface area contributed by atoms with Crippen molar-refractivity contribution in [3.8, 4) is 11.5 Å². The van der Waals surface area contributed by atoms with Gasteiger partial charge in [0.25, 0.3) is 5.91 Å². The van der Waals surface area contributed by atoms with Gasteiger partial charge in [-0.1, -0.05) is 43.3 Å². The van der Waals surface area contributed by atoms with Crippen LogP contribution in [0.4, 0.5) is 4.39 Å². The Kier molecular flexibility index (Phi) is 6.93. The van der Waals surface area contributed by atoms with Crippen molar-refractivity contribution in [3.05, 3.63) is 94.9 Å². The molecule has 1 saturated heterocycles. The van der Waals surface area contributed by atoms with E-state index in [9.17, 15) is 14.0 Å². The number of methoxy groups -OCH3 is 1. The maximum atomic E-state index is 14.2. The lowest BCUT2D eigenvalue weighted by atomic mass is 9.76. The van der Waals surface area contributed by atoms with E-state index in [4.69, 9.17) is 9.47 Å². The summed E-state index contributed by atoms with van der Waals surface area (Å²) in [6.07, 6.45) is 1.34. The molecule has 2 unspecified atom stereocenters. The van der Waals surface area contributed by atoms with E-state index in [1.165, 1.54) is 12.1 Å². The predicted molar refractivity (Wildman–Crippen MR) is 155 cm³/mol. The first-order valence-electron chi connectivity index (χ1n) is 14.1. The van der Waals surface area contributed by atoms with Gasteiger partial charge in [-0.3, -0.25) is 9.59 Å². The van der Waals surface area contributed by atoms with Crippen LogP contribution in [0.1, 0.15) is 48.6 Å². The fourth-order valence-corrected chi connectivity index (χ4v) is 6.34. The molecule has 7 nitrogen and oxygen atoms in total. The lowest BCUT2D eigenvalue weighted by Crippen LogP contribution is -2.67. The van der Waals surface area contributed by atoms with Crippen LogP contribution in [0.25, 0.3) is 10.9 Å². The Morgan fingerprint density at radius 1 is 1.05 bits per heavy atom. The van der Waals surface area contributed by atoms with E-state index >= 15 is 0 Å². The first-order valence-corrected chi connectivity index (χ1v) is 14.1. The molecule has 2 atom stereocenters. The third-order valence-corrected chi connectivity index (χ3v) is 8.43. The number of halogens is 1. The zero-order valence-corrected chi connectivity index (χ0v) is 23.6. The van der Waals surface area contributed by atoms with Crippen molar-refractivity contribution in [2.24, 2.45) is 0 Å². The van der Waals surface area contributed by atoms with Gasteiger partial charge in [-0.15, -0.1) is 0 Å². The van der Waals surface area contributed by atoms with Crippen molar-refractivity contribution < 1.29 is 23.5 Å². The average molecular weight is 556 g/mol. The van der Waals surface area contributed by atoms with Crippen molar-refractivity contribution in [1.82, 2.24) is 14.8 Å². The summed E-state index contributed by atoms with van der Waals surface area (Å²) in [6.45, 7) is 5.15. The number of hydrogen-bond acceptors (Lipinski definition) is 4. The third-order valence-electron chi connectivity index (χ3n) is 8.43. The number of carbonyl (C=O) groups is 2. The van der Waals surface area contributed by atoms with Crippen molar-refractivity contribution in [2.45, 2.75) is 38.1 Å². The number of aromatic amines is 1. The zero-order chi connectivity index (χ0) is 28.7. The molecule has 2 aliphatic heterocycles. The monoisotopic (exact) mass is 555 g/mol. The summed E-state index contributed by atoms with van der Waals surface area (Å²) < 4.78 is 25.3. The summed E-state index contributed by atoms with van der Waals surface area (Å²) in [6, 6.07) is 20.3. The highest BCUT2D eigenvalue weighted by atomic mass is 19.1. The number of hydrogen-bond donors (Lipinski definition) is 1. The number of fused-ring (bicyclic) bond motifs is 5. The normalized spacial score (nSPS) is 20.2. The molecule has 4 aromatic rings. The summed E-state index contributed by atoms with van der Waals surface area (Å²) in [5.41, 5.74) is 3.22. The van der Waals surface area contributed by atoms with Crippen molar-refractivity contribution in [2.75, 3.05) is 33.4 Å². The number of nitrogens with one attached hydrogen (secondary N) is 1. The molecule has 0 radical (unpaired) electrons. The highest BCUT2D eigenvalue weighted by Gasteiger charge is 2.56. The number of H-pyrrole nitrogens is 1. The summed E-state index contributed by atoms with van der Waals surface area (Å²) in [5.74, 6) is 0.561. The van der Waals surface area contributed by atoms with Crippen LogP contribution in [0.2, 0.25) is 0 Å². The molecule has 0 spiro atoms. The van der Waals surface area contributed by atoms with E-state index < -0.39 is 5.54 Å². The van der Waals surface area contributed by atoms with Gasteiger partial charge in [0.1, 0.15) is 5.82 Å². The third kappa shape index (κ3) is 4.51. The predicted octanol–water partition coefficient (Wildman–Crippen LogP) is 5.38. The average Bonchev–Trinajstić information content (AvgIpc) is 3.38. The molecule has 6 rings (SSSR count). The fraction of sp³-hybridized carbons (Fsp3) is 0.333. The minimum absolute atomic E-state index is 0.0147. The first-order chi connectivity index (χ1) is 19.8. The lowest BCUT2D eigenvalue weighted by molar-refractivity contribution is -0.166. The molecule has 8 heteroatoms. The van der Waals surface area contributed by atoms with Gasteiger partial charge in [0, 0.05) is 29.9 Å². The van der Waals surface area contributed by atoms with Gasteiger partial charge in [0.05, 0.1) is 26.0 Å². The Morgan fingerprint density at radius 2 is 1.88 bits per heavy atom. The van der Waals surface area contributed by atoms with Crippen LogP contribution in [0.5, 0.6) is 11.5 Å². The van der Waals surface area contributed by atoms with E-state index in [0.717, 1.165) is 39.7 Å². The van der Waals surface area contributed by atoms with Gasteiger partial charge >= 0.3 is 0 Å². The number of benzene rings is 3. The van der Waals surface area contributed by atoms with Crippen LogP contribution in [0, 0.1) is 5.82 Å². The summed E-state index contributed by atoms with van der Waals surface area (Å²) in [4.78, 5) is 34.9. The lowest BCUT2D eigenvalue weighted by Gasteiger charge is -2.51.